The molecule has 5 heterocycles. The van der Waals surface area contributed by atoms with E-state index in [1.807, 2.05) is 4.90 Å². The number of rotatable bonds is 5. The van der Waals surface area contributed by atoms with E-state index in [0.717, 1.165) is 17.3 Å². The molecule has 2 aliphatic rings. The molecule has 2 aliphatic heterocycles. The number of nitrogens with zero attached hydrogens (tertiary/aromatic N) is 7. The van der Waals surface area contributed by atoms with Crippen LogP contribution in [0, 0.1) is 0 Å². The standard InChI is InChI=1S/C21H25F3N8O3S2/c1-37(33,34)32-4-2-30(3-5-32)12-16-27-19-17(36-16)20(31-6-8-35-9-7-31)29-18(28-19)13-11-26-15(25)10-14(13)21(22,23)24/h10-11H,2-9,12H2,1H3,(H2,25,26). The first kappa shape index (κ1) is 26.0. The zero-order chi connectivity index (χ0) is 26.4. The van der Waals surface area contributed by atoms with Gasteiger partial charge in [-0.05, 0) is 6.07 Å². The molecular weight excluding hydrogens is 533 g/mol. The van der Waals surface area contributed by atoms with Crippen LogP contribution in [-0.2, 0) is 27.5 Å². The van der Waals surface area contributed by atoms with Crippen LogP contribution in [0.5, 0.6) is 0 Å². The van der Waals surface area contributed by atoms with Gasteiger partial charge in [0.05, 0.1) is 37.1 Å². The van der Waals surface area contributed by atoms with E-state index in [2.05, 4.69) is 24.8 Å². The summed E-state index contributed by atoms with van der Waals surface area (Å²) in [5.41, 5.74) is 4.60. The van der Waals surface area contributed by atoms with Crippen LogP contribution in [-0.4, -0.2) is 96.3 Å². The predicted molar refractivity (Wildman–Crippen MR) is 133 cm³/mol. The van der Waals surface area contributed by atoms with Gasteiger partial charge < -0.3 is 15.4 Å². The Hall–Kier alpha value is -2.66. The molecule has 2 fully saturated rings. The average molecular weight is 559 g/mol. The maximum atomic E-state index is 13.8. The number of pyridine rings is 1. The number of nitrogen functional groups attached to an aromatic ring is 1. The normalized spacial score (nSPS) is 18.5. The van der Waals surface area contributed by atoms with Crippen LogP contribution in [0.3, 0.4) is 0 Å². The minimum absolute atomic E-state index is 0.132. The Kier molecular flexibility index (Phi) is 6.95. The minimum atomic E-state index is -4.68. The van der Waals surface area contributed by atoms with Crippen molar-refractivity contribution in [1.82, 2.24) is 29.1 Å². The van der Waals surface area contributed by atoms with Gasteiger partial charge in [-0.15, -0.1) is 11.3 Å². The summed E-state index contributed by atoms with van der Waals surface area (Å²) in [6, 6.07) is 0.778. The fraction of sp³-hybridized carbons (Fsp3) is 0.524. The molecule has 11 nitrogen and oxygen atoms in total. The number of alkyl halides is 3. The number of aromatic nitrogens is 4. The first-order valence-electron chi connectivity index (χ1n) is 11.5. The molecule has 200 valence electrons. The Morgan fingerprint density at radius 2 is 1.78 bits per heavy atom. The lowest BCUT2D eigenvalue weighted by atomic mass is 10.1. The molecule has 2 N–H and O–H groups in total. The van der Waals surface area contributed by atoms with Crippen molar-refractivity contribution in [3.8, 4) is 11.4 Å². The first-order chi connectivity index (χ1) is 17.5. The van der Waals surface area contributed by atoms with Crippen molar-refractivity contribution in [3.05, 3.63) is 22.8 Å². The van der Waals surface area contributed by atoms with Gasteiger partial charge in [-0.3, -0.25) is 4.90 Å². The lowest BCUT2D eigenvalue weighted by Crippen LogP contribution is -2.47. The van der Waals surface area contributed by atoms with Gasteiger partial charge >= 0.3 is 6.18 Å². The van der Waals surface area contributed by atoms with Gasteiger partial charge in [0.25, 0.3) is 0 Å². The fourth-order valence-electron chi connectivity index (χ4n) is 4.33. The van der Waals surface area contributed by atoms with E-state index >= 15 is 0 Å². The number of morpholine rings is 1. The van der Waals surface area contributed by atoms with Gasteiger partial charge in [0.15, 0.2) is 17.3 Å². The lowest BCUT2D eigenvalue weighted by molar-refractivity contribution is -0.137. The number of hydrogen-bond donors (Lipinski definition) is 1. The molecule has 0 bridgehead atoms. The van der Waals surface area contributed by atoms with E-state index < -0.39 is 21.8 Å². The molecule has 16 heteroatoms. The highest BCUT2D eigenvalue weighted by Gasteiger charge is 2.36. The summed E-state index contributed by atoms with van der Waals surface area (Å²) in [6.45, 7) is 4.31. The molecule has 3 aromatic rings. The number of sulfonamides is 1. The van der Waals surface area contributed by atoms with E-state index in [1.165, 1.54) is 21.9 Å². The monoisotopic (exact) mass is 558 g/mol. The Balaban J connectivity index is 1.52. The highest BCUT2D eigenvalue weighted by molar-refractivity contribution is 7.88. The molecule has 5 rings (SSSR count). The second-order valence-electron chi connectivity index (χ2n) is 8.82. The maximum Gasteiger partial charge on any atom is 0.417 e. The minimum Gasteiger partial charge on any atom is -0.384 e. The van der Waals surface area contributed by atoms with Crippen LogP contribution in [0.1, 0.15) is 10.6 Å². The van der Waals surface area contributed by atoms with Crippen molar-refractivity contribution < 1.29 is 26.3 Å². The predicted octanol–water partition coefficient (Wildman–Crippen LogP) is 1.66. The van der Waals surface area contributed by atoms with Gasteiger partial charge in [-0.1, -0.05) is 0 Å². The Morgan fingerprint density at radius 3 is 2.43 bits per heavy atom. The zero-order valence-electron chi connectivity index (χ0n) is 19.9. The second kappa shape index (κ2) is 9.90. The van der Waals surface area contributed by atoms with Crippen molar-refractivity contribution in [2.45, 2.75) is 12.7 Å². The number of hydrogen-bond acceptors (Lipinski definition) is 11. The molecule has 0 saturated carbocycles. The number of nitrogens with two attached hydrogens (primary N) is 1. The summed E-state index contributed by atoms with van der Waals surface area (Å²) in [6.07, 6.45) is -2.44. The zero-order valence-corrected chi connectivity index (χ0v) is 21.5. The number of ether oxygens (including phenoxy) is 1. The van der Waals surface area contributed by atoms with Gasteiger partial charge in [0.2, 0.25) is 10.0 Å². The van der Waals surface area contributed by atoms with Crippen LogP contribution in [0.4, 0.5) is 24.8 Å². The Morgan fingerprint density at radius 1 is 1.08 bits per heavy atom. The summed E-state index contributed by atoms with van der Waals surface area (Å²) in [4.78, 5) is 21.5. The highest BCUT2D eigenvalue weighted by Crippen LogP contribution is 2.39. The number of thiazole rings is 1. The van der Waals surface area contributed by atoms with E-state index in [1.54, 1.807) is 0 Å². The maximum absolute atomic E-state index is 13.8. The van der Waals surface area contributed by atoms with Crippen LogP contribution in [0.15, 0.2) is 12.3 Å². The second-order valence-corrected chi connectivity index (χ2v) is 11.9. The summed E-state index contributed by atoms with van der Waals surface area (Å²) < 4.78 is 72.6. The van der Waals surface area contributed by atoms with Crippen molar-refractivity contribution in [1.29, 1.82) is 0 Å². The van der Waals surface area contributed by atoms with Gasteiger partial charge in [-0.2, -0.15) is 17.5 Å². The SMILES string of the molecule is CS(=O)(=O)N1CCN(Cc2nc3nc(-c4cnc(N)cc4C(F)(F)F)nc(N4CCOCC4)c3s2)CC1. The lowest BCUT2D eigenvalue weighted by Gasteiger charge is -2.32. The highest BCUT2D eigenvalue weighted by atomic mass is 32.2. The third-order valence-electron chi connectivity index (χ3n) is 6.22. The van der Waals surface area contributed by atoms with Crippen LogP contribution >= 0.6 is 11.3 Å². The summed E-state index contributed by atoms with van der Waals surface area (Å²) >= 11 is 1.38. The average Bonchev–Trinajstić information content (AvgIpc) is 3.25. The van der Waals surface area contributed by atoms with Crippen LogP contribution in [0.25, 0.3) is 21.7 Å². The molecule has 3 aromatic heterocycles. The molecule has 0 aromatic carbocycles. The molecule has 0 atom stereocenters. The number of anilines is 2. The van der Waals surface area contributed by atoms with E-state index in [-0.39, 0.29) is 17.2 Å². The summed E-state index contributed by atoms with van der Waals surface area (Å²) in [5.74, 6) is 0.115. The van der Waals surface area contributed by atoms with Crippen molar-refractivity contribution in [2.75, 3.05) is 69.4 Å². The first-order valence-corrected chi connectivity index (χ1v) is 14.2. The topological polar surface area (TPSA) is 131 Å². The molecule has 0 radical (unpaired) electrons. The summed E-state index contributed by atoms with van der Waals surface area (Å²) in [7, 11) is -3.24. The molecule has 2 saturated heterocycles. The number of halogens is 3. The summed E-state index contributed by atoms with van der Waals surface area (Å²) in [5, 5.41) is 0.718. The Bertz CT molecular complexity index is 1400. The van der Waals surface area contributed by atoms with Crippen LogP contribution in [0.2, 0.25) is 0 Å². The number of piperazine rings is 1. The molecule has 37 heavy (non-hydrogen) atoms. The van der Waals surface area contributed by atoms with Gasteiger partial charge in [-0.25, -0.2) is 28.4 Å². The van der Waals surface area contributed by atoms with E-state index in [9.17, 15) is 21.6 Å². The fourth-order valence-corrected chi connectivity index (χ4v) is 6.22. The smallest absolute Gasteiger partial charge is 0.384 e. The largest absolute Gasteiger partial charge is 0.417 e. The third kappa shape index (κ3) is 5.62. The van der Waals surface area contributed by atoms with Gasteiger partial charge in [0, 0.05) is 45.5 Å². The van der Waals surface area contributed by atoms with E-state index in [4.69, 9.17) is 10.5 Å². The number of fused-ring (bicyclic) bond motifs is 1. The van der Waals surface area contributed by atoms with Crippen molar-refractivity contribution in [3.63, 3.8) is 0 Å². The van der Waals surface area contributed by atoms with Crippen LogP contribution < -0.4 is 10.6 Å². The molecule has 0 aliphatic carbocycles. The van der Waals surface area contributed by atoms with E-state index in [0.29, 0.717) is 75.2 Å². The van der Waals surface area contributed by atoms with Crippen molar-refractivity contribution in [2.24, 2.45) is 0 Å². The molecule has 0 spiro atoms. The molecular formula is C21H25F3N8O3S2. The quantitative estimate of drug-likeness (QED) is 0.493. The molecule has 0 unspecified atom stereocenters. The molecule has 0 amide bonds. The third-order valence-corrected chi connectivity index (χ3v) is 8.55. The Labute approximate surface area is 215 Å². The van der Waals surface area contributed by atoms with Crippen molar-refractivity contribution >= 4 is 43.3 Å². The van der Waals surface area contributed by atoms with Gasteiger partial charge in [0.1, 0.15) is 15.5 Å².